The van der Waals surface area contributed by atoms with Gasteiger partial charge in [-0.1, -0.05) is 39.5 Å². The Morgan fingerprint density at radius 3 is 2.00 bits per heavy atom. The Hall–Kier alpha value is -0.0400. The average Bonchev–Trinajstić information content (AvgIpc) is 2.57. The van der Waals surface area contributed by atoms with Gasteiger partial charge >= 0.3 is 0 Å². The third kappa shape index (κ3) is 2.75. The average molecular weight is 209 g/mol. The van der Waals surface area contributed by atoms with E-state index in [-0.39, 0.29) is 0 Å². The molecule has 0 saturated carbocycles. The first-order valence-corrected chi connectivity index (χ1v) is 7.09. The number of rotatable bonds is 5. The summed E-state index contributed by atoms with van der Waals surface area (Å²) in [6.45, 7) is 4.69. The van der Waals surface area contributed by atoms with Gasteiger partial charge in [0.15, 0.2) is 0 Å². The van der Waals surface area contributed by atoms with E-state index in [0.717, 1.165) is 23.9 Å². The van der Waals surface area contributed by atoms with Crippen LogP contribution in [0.15, 0.2) is 0 Å². The highest BCUT2D eigenvalue weighted by Gasteiger charge is 2.36. The summed E-state index contributed by atoms with van der Waals surface area (Å²) in [6, 6.07) is 1.76. The van der Waals surface area contributed by atoms with Crippen molar-refractivity contribution in [2.75, 3.05) is 0 Å². The van der Waals surface area contributed by atoms with Gasteiger partial charge in [-0.2, -0.15) is 0 Å². The van der Waals surface area contributed by atoms with Crippen LogP contribution in [0.1, 0.15) is 65.2 Å². The Kier molecular flexibility index (Phi) is 4.07. The Morgan fingerprint density at radius 1 is 1.00 bits per heavy atom. The van der Waals surface area contributed by atoms with Crippen LogP contribution < -0.4 is 5.32 Å². The summed E-state index contributed by atoms with van der Waals surface area (Å²) in [5.74, 6) is 2.08. The quantitative estimate of drug-likeness (QED) is 0.727. The van der Waals surface area contributed by atoms with Crippen molar-refractivity contribution in [3.8, 4) is 0 Å². The molecule has 2 rings (SSSR count). The first-order valence-electron chi connectivity index (χ1n) is 7.09. The van der Waals surface area contributed by atoms with E-state index in [1.807, 2.05) is 0 Å². The van der Waals surface area contributed by atoms with E-state index >= 15 is 0 Å². The predicted molar refractivity (Wildman–Crippen MR) is 66.0 cm³/mol. The second kappa shape index (κ2) is 5.34. The molecule has 2 fully saturated rings. The van der Waals surface area contributed by atoms with Gasteiger partial charge in [-0.15, -0.1) is 0 Å². The fourth-order valence-corrected chi connectivity index (χ4v) is 3.84. The second-order valence-electron chi connectivity index (χ2n) is 5.71. The van der Waals surface area contributed by atoms with Gasteiger partial charge in [0.25, 0.3) is 0 Å². The highest BCUT2D eigenvalue weighted by atomic mass is 15.0. The van der Waals surface area contributed by atoms with Crippen molar-refractivity contribution in [1.82, 2.24) is 5.32 Å². The number of piperidine rings is 1. The van der Waals surface area contributed by atoms with E-state index in [1.54, 1.807) is 0 Å². The molecule has 0 aromatic carbocycles. The summed E-state index contributed by atoms with van der Waals surface area (Å²) in [5, 5.41) is 3.76. The van der Waals surface area contributed by atoms with Crippen LogP contribution in [0, 0.1) is 11.8 Å². The van der Waals surface area contributed by atoms with Crippen LogP contribution in [0.25, 0.3) is 0 Å². The zero-order valence-corrected chi connectivity index (χ0v) is 10.5. The van der Waals surface area contributed by atoms with Crippen LogP contribution in [0.3, 0.4) is 0 Å². The normalized spacial score (nSPS) is 35.0. The number of hydrogen-bond acceptors (Lipinski definition) is 1. The minimum atomic E-state index is 0.880. The van der Waals surface area contributed by atoms with Gasteiger partial charge in [-0.25, -0.2) is 0 Å². The van der Waals surface area contributed by atoms with Gasteiger partial charge in [0.05, 0.1) is 0 Å². The first-order chi connectivity index (χ1) is 7.33. The van der Waals surface area contributed by atoms with Crippen LogP contribution in [0.4, 0.5) is 0 Å². The lowest BCUT2D eigenvalue weighted by Gasteiger charge is -2.34. The monoisotopic (exact) mass is 209 g/mol. The van der Waals surface area contributed by atoms with Crippen LogP contribution in [-0.4, -0.2) is 12.1 Å². The lowest BCUT2D eigenvalue weighted by molar-refractivity contribution is 0.195. The fourth-order valence-electron chi connectivity index (χ4n) is 3.84. The van der Waals surface area contributed by atoms with Crippen molar-refractivity contribution in [2.24, 2.45) is 11.8 Å². The van der Waals surface area contributed by atoms with Crippen molar-refractivity contribution in [1.29, 1.82) is 0 Å². The zero-order valence-electron chi connectivity index (χ0n) is 10.5. The second-order valence-corrected chi connectivity index (χ2v) is 5.71. The topological polar surface area (TPSA) is 12.0 Å². The van der Waals surface area contributed by atoms with Crippen molar-refractivity contribution < 1.29 is 0 Å². The summed E-state index contributed by atoms with van der Waals surface area (Å²) in [5.41, 5.74) is 0. The molecule has 2 aliphatic heterocycles. The molecule has 0 aliphatic carbocycles. The maximum Gasteiger partial charge on any atom is 0.00729 e. The van der Waals surface area contributed by atoms with Gasteiger partial charge in [-0.05, 0) is 37.5 Å². The van der Waals surface area contributed by atoms with Crippen LogP contribution >= 0.6 is 0 Å². The molecule has 2 bridgehead atoms. The van der Waals surface area contributed by atoms with Crippen LogP contribution in [-0.2, 0) is 0 Å². The molecule has 2 aliphatic rings. The maximum absolute atomic E-state index is 3.76. The predicted octanol–water partition coefficient (Wildman–Crippen LogP) is 3.73. The molecule has 88 valence electrons. The van der Waals surface area contributed by atoms with Gasteiger partial charge in [-0.3, -0.25) is 0 Å². The smallest absolute Gasteiger partial charge is 0.00729 e. The Labute approximate surface area is 95.0 Å². The molecule has 2 saturated heterocycles. The Balaban J connectivity index is 1.89. The largest absolute Gasteiger partial charge is 0.311 e. The van der Waals surface area contributed by atoms with Gasteiger partial charge in [0.1, 0.15) is 0 Å². The van der Waals surface area contributed by atoms with Crippen molar-refractivity contribution in [2.45, 2.75) is 77.3 Å². The first kappa shape index (κ1) is 11.4. The molecule has 2 unspecified atom stereocenters. The van der Waals surface area contributed by atoms with Crippen molar-refractivity contribution in [3.05, 3.63) is 0 Å². The van der Waals surface area contributed by atoms with E-state index < -0.39 is 0 Å². The molecule has 2 atom stereocenters. The molecular weight excluding hydrogens is 182 g/mol. The van der Waals surface area contributed by atoms with E-state index in [1.165, 1.54) is 51.4 Å². The Morgan fingerprint density at radius 2 is 1.53 bits per heavy atom. The van der Waals surface area contributed by atoms with E-state index in [2.05, 4.69) is 19.2 Å². The molecule has 1 N–H and O–H groups in total. The lowest BCUT2D eigenvalue weighted by Crippen LogP contribution is -2.40. The highest BCUT2D eigenvalue weighted by molar-refractivity contribution is 4.93. The van der Waals surface area contributed by atoms with E-state index in [4.69, 9.17) is 0 Å². The lowest BCUT2D eigenvalue weighted by atomic mass is 9.77. The van der Waals surface area contributed by atoms with E-state index in [9.17, 15) is 0 Å². The molecule has 15 heavy (non-hydrogen) atoms. The molecule has 2 heterocycles. The van der Waals surface area contributed by atoms with Gasteiger partial charge in [0, 0.05) is 12.1 Å². The minimum Gasteiger partial charge on any atom is -0.311 e. The number of hydrogen-bond donors (Lipinski definition) is 1. The molecule has 0 radical (unpaired) electrons. The number of fused-ring (bicyclic) bond motifs is 2. The summed E-state index contributed by atoms with van der Waals surface area (Å²) in [6.07, 6.45) is 11.5. The summed E-state index contributed by atoms with van der Waals surface area (Å²) >= 11 is 0. The summed E-state index contributed by atoms with van der Waals surface area (Å²) in [4.78, 5) is 0. The standard InChI is InChI=1S/C14H27N/c1-3-5-11(6-4-2)12-9-13-7-8-14(10-12)15-13/h11-15H,3-10H2,1-2H3. The zero-order chi connectivity index (χ0) is 10.7. The molecule has 0 aromatic rings. The Bertz CT molecular complexity index is 172. The van der Waals surface area contributed by atoms with Crippen molar-refractivity contribution in [3.63, 3.8) is 0 Å². The molecule has 0 aromatic heterocycles. The van der Waals surface area contributed by atoms with E-state index in [0.29, 0.717) is 0 Å². The maximum atomic E-state index is 3.76. The molecular formula is C14H27N. The SMILES string of the molecule is CCCC(CCC)C1CC2CCC(C1)N2. The van der Waals surface area contributed by atoms with Crippen LogP contribution in [0.5, 0.6) is 0 Å². The minimum absolute atomic E-state index is 0.880. The summed E-state index contributed by atoms with van der Waals surface area (Å²) < 4.78 is 0. The highest BCUT2D eigenvalue weighted by Crippen LogP contribution is 2.38. The molecule has 0 spiro atoms. The third-order valence-corrected chi connectivity index (χ3v) is 4.50. The van der Waals surface area contributed by atoms with Gasteiger partial charge < -0.3 is 5.32 Å². The van der Waals surface area contributed by atoms with Crippen LogP contribution in [0.2, 0.25) is 0 Å². The molecule has 0 amide bonds. The van der Waals surface area contributed by atoms with Gasteiger partial charge in [0.2, 0.25) is 0 Å². The summed E-state index contributed by atoms with van der Waals surface area (Å²) in [7, 11) is 0. The molecule has 1 heteroatoms. The number of nitrogens with one attached hydrogen (secondary N) is 1. The van der Waals surface area contributed by atoms with Crippen molar-refractivity contribution >= 4 is 0 Å². The fraction of sp³-hybridized carbons (Fsp3) is 1.00. The molecule has 1 nitrogen and oxygen atoms in total. The third-order valence-electron chi connectivity index (χ3n) is 4.50.